The largest absolute Gasteiger partial charge is 0.508 e. The van der Waals surface area contributed by atoms with Crippen molar-refractivity contribution in [2.24, 2.45) is 11.8 Å². The topological polar surface area (TPSA) is 60.8 Å². The fourth-order valence-corrected chi connectivity index (χ4v) is 4.10. The molecule has 1 saturated heterocycles. The zero-order chi connectivity index (χ0) is 15.1. The Kier molecular flexibility index (Phi) is 3.61. The second-order valence-electron chi connectivity index (χ2n) is 6.22. The fourth-order valence-electron chi connectivity index (χ4n) is 4.10. The molecule has 1 saturated carbocycles. The first-order chi connectivity index (χ1) is 9.99. The lowest BCUT2D eigenvalue weighted by Crippen LogP contribution is -2.41. The molecule has 0 amide bonds. The van der Waals surface area contributed by atoms with Gasteiger partial charge in [0.1, 0.15) is 17.6 Å². The minimum absolute atomic E-state index is 0.114. The molecule has 1 aromatic rings. The van der Waals surface area contributed by atoms with Crippen molar-refractivity contribution in [1.29, 1.82) is 0 Å². The zero-order valence-electron chi connectivity index (χ0n) is 12.0. The van der Waals surface area contributed by atoms with Crippen molar-refractivity contribution < 1.29 is 19.4 Å². The van der Waals surface area contributed by atoms with Gasteiger partial charge in [-0.3, -0.25) is 9.69 Å². The first-order valence-corrected chi connectivity index (χ1v) is 7.46. The van der Waals surface area contributed by atoms with Crippen molar-refractivity contribution in [3.63, 3.8) is 0 Å². The number of carboxylic acids is 1. The predicted molar refractivity (Wildman–Crippen MR) is 75.4 cm³/mol. The number of aromatic hydroxyl groups is 1. The highest BCUT2D eigenvalue weighted by molar-refractivity contribution is 5.74. The summed E-state index contributed by atoms with van der Waals surface area (Å²) in [4.78, 5) is 13.6. The highest BCUT2D eigenvalue weighted by Gasteiger charge is 2.49. The van der Waals surface area contributed by atoms with Gasteiger partial charge in [0.25, 0.3) is 0 Å². The highest BCUT2D eigenvalue weighted by Crippen LogP contribution is 2.45. The van der Waals surface area contributed by atoms with E-state index in [1.165, 1.54) is 6.07 Å². The maximum atomic E-state index is 14.0. The smallest absolute Gasteiger partial charge is 0.321 e. The Morgan fingerprint density at radius 3 is 2.86 bits per heavy atom. The van der Waals surface area contributed by atoms with Crippen LogP contribution < -0.4 is 0 Å². The van der Waals surface area contributed by atoms with Crippen LogP contribution in [0.3, 0.4) is 0 Å². The van der Waals surface area contributed by atoms with E-state index in [1.807, 2.05) is 11.8 Å². The quantitative estimate of drug-likeness (QED) is 0.899. The van der Waals surface area contributed by atoms with Crippen molar-refractivity contribution >= 4 is 5.97 Å². The van der Waals surface area contributed by atoms with E-state index in [2.05, 4.69) is 0 Å². The summed E-state index contributed by atoms with van der Waals surface area (Å²) < 4.78 is 14.0. The summed E-state index contributed by atoms with van der Waals surface area (Å²) in [5, 5.41) is 18.9. The van der Waals surface area contributed by atoms with Gasteiger partial charge in [-0.05, 0) is 37.7 Å². The number of nitrogens with zero attached hydrogens (tertiary/aromatic N) is 1. The van der Waals surface area contributed by atoms with Gasteiger partial charge in [-0.1, -0.05) is 12.5 Å². The number of rotatable bonds is 3. The molecule has 1 aliphatic carbocycles. The van der Waals surface area contributed by atoms with Crippen molar-refractivity contribution in [2.45, 2.75) is 38.3 Å². The van der Waals surface area contributed by atoms with Crippen LogP contribution in [0, 0.1) is 17.7 Å². The third-order valence-electron chi connectivity index (χ3n) is 5.11. The van der Waals surface area contributed by atoms with Crippen LogP contribution in [0.4, 0.5) is 4.39 Å². The van der Waals surface area contributed by atoms with E-state index in [-0.39, 0.29) is 17.7 Å². The van der Waals surface area contributed by atoms with Gasteiger partial charge in [-0.2, -0.15) is 0 Å². The number of halogens is 1. The van der Waals surface area contributed by atoms with Crippen molar-refractivity contribution in [3.05, 3.63) is 29.6 Å². The first kappa shape index (κ1) is 14.3. The minimum Gasteiger partial charge on any atom is -0.508 e. The Hall–Kier alpha value is -1.62. The number of hydrogen-bond donors (Lipinski definition) is 2. The zero-order valence-corrected chi connectivity index (χ0v) is 12.0. The Labute approximate surface area is 123 Å². The number of benzene rings is 1. The standard InChI is InChI=1S/C16H20FNO3/c1-9(12-6-5-11(19)7-14(12)17)18-8-10-3-2-4-13(10)15(18)16(20)21/h5-7,9-10,13,15,19H,2-4,8H2,1H3,(H,20,21). The van der Waals surface area contributed by atoms with Crippen LogP contribution in [-0.4, -0.2) is 33.7 Å². The Morgan fingerprint density at radius 2 is 2.19 bits per heavy atom. The molecule has 0 radical (unpaired) electrons. The van der Waals surface area contributed by atoms with Gasteiger partial charge in [-0.15, -0.1) is 0 Å². The van der Waals surface area contributed by atoms with Crippen LogP contribution in [0.1, 0.15) is 37.8 Å². The summed E-state index contributed by atoms with van der Waals surface area (Å²) in [5.74, 6) is -0.811. The summed E-state index contributed by atoms with van der Waals surface area (Å²) >= 11 is 0. The van der Waals surface area contributed by atoms with Crippen LogP contribution in [0.5, 0.6) is 5.75 Å². The van der Waals surface area contributed by atoms with E-state index in [9.17, 15) is 19.4 Å². The molecule has 4 atom stereocenters. The number of hydrogen-bond acceptors (Lipinski definition) is 3. The molecule has 2 N–H and O–H groups in total. The van der Waals surface area contributed by atoms with Crippen LogP contribution in [0.15, 0.2) is 18.2 Å². The van der Waals surface area contributed by atoms with E-state index in [1.54, 1.807) is 6.07 Å². The maximum absolute atomic E-state index is 14.0. The van der Waals surface area contributed by atoms with Crippen molar-refractivity contribution in [2.75, 3.05) is 6.54 Å². The summed E-state index contributed by atoms with van der Waals surface area (Å²) in [5.41, 5.74) is 0.444. The number of carbonyl (C=O) groups is 1. The molecule has 3 rings (SSSR count). The van der Waals surface area contributed by atoms with E-state index in [0.717, 1.165) is 25.3 Å². The molecule has 4 unspecified atom stereocenters. The monoisotopic (exact) mass is 293 g/mol. The lowest BCUT2D eigenvalue weighted by Gasteiger charge is -2.30. The van der Waals surface area contributed by atoms with Gasteiger partial charge in [0, 0.05) is 24.2 Å². The summed E-state index contributed by atoms with van der Waals surface area (Å²) in [6.07, 6.45) is 3.10. The number of likely N-dealkylation sites (tertiary alicyclic amines) is 1. The molecule has 0 aromatic heterocycles. The second-order valence-corrected chi connectivity index (χ2v) is 6.22. The SMILES string of the molecule is CC(c1ccc(O)cc1F)N1CC2CCCC2C1C(=O)O. The lowest BCUT2D eigenvalue weighted by molar-refractivity contribution is -0.144. The number of phenolic OH excluding ortho intramolecular Hbond substituents is 1. The van der Waals surface area contributed by atoms with Crippen LogP contribution in [-0.2, 0) is 4.79 Å². The average Bonchev–Trinajstić information content (AvgIpc) is 2.96. The molecular weight excluding hydrogens is 273 g/mol. The second kappa shape index (κ2) is 5.30. The third kappa shape index (κ3) is 2.39. The third-order valence-corrected chi connectivity index (χ3v) is 5.11. The predicted octanol–water partition coefficient (Wildman–Crippen LogP) is 2.78. The molecule has 0 bridgehead atoms. The summed E-state index contributed by atoms with van der Waals surface area (Å²) in [7, 11) is 0. The minimum atomic E-state index is -0.810. The molecule has 0 spiro atoms. The number of fused-ring (bicyclic) bond motifs is 1. The molecule has 1 aliphatic heterocycles. The summed E-state index contributed by atoms with van der Waals surface area (Å²) in [6.45, 7) is 2.55. The van der Waals surface area contributed by atoms with E-state index >= 15 is 0 Å². The highest BCUT2D eigenvalue weighted by atomic mass is 19.1. The van der Waals surface area contributed by atoms with Gasteiger partial charge in [0.2, 0.25) is 0 Å². The van der Waals surface area contributed by atoms with Gasteiger partial charge in [0.15, 0.2) is 0 Å². The van der Waals surface area contributed by atoms with Crippen LogP contribution in [0.25, 0.3) is 0 Å². The van der Waals surface area contributed by atoms with Gasteiger partial charge >= 0.3 is 5.97 Å². The molecule has 2 aliphatic rings. The normalized spacial score (nSPS) is 30.3. The average molecular weight is 293 g/mol. The Bertz CT molecular complexity index is 562. The Balaban J connectivity index is 1.89. The van der Waals surface area contributed by atoms with Crippen molar-refractivity contribution in [1.82, 2.24) is 4.90 Å². The fraction of sp³-hybridized carbons (Fsp3) is 0.562. The van der Waals surface area contributed by atoms with Crippen LogP contribution >= 0.6 is 0 Å². The number of phenols is 1. The van der Waals surface area contributed by atoms with Gasteiger partial charge in [-0.25, -0.2) is 4.39 Å². The van der Waals surface area contributed by atoms with E-state index in [0.29, 0.717) is 18.0 Å². The van der Waals surface area contributed by atoms with Gasteiger partial charge in [0.05, 0.1) is 0 Å². The maximum Gasteiger partial charge on any atom is 0.321 e. The molecule has 2 fully saturated rings. The molecule has 5 heteroatoms. The lowest BCUT2D eigenvalue weighted by atomic mass is 9.94. The van der Waals surface area contributed by atoms with Gasteiger partial charge < -0.3 is 10.2 Å². The molecular formula is C16H20FNO3. The number of carboxylic acid groups (broad SMARTS) is 1. The molecule has 114 valence electrons. The van der Waals surface area contributed by atoms with Crippen LogP contribution in [0.2, 0.25) is 0 Å². The summed E-state index contributed by atoms with van der Waals surface area (Å²) in [6, 6.07) is 3.24. The number of aliphatic carboxylic acids is 1. The molecule has 21 heavy (non-hydrogen) atoms. The van der Waals surface area contributed by atoms with E-state index < -0.39 is 17.8 Å². The van der Waals surface area contributed by atoms with E-state index in [4.69, 9.17) is 0 Å². The first-order valence-electron chi connectivity index (χ1n) is 7.46. The molecule has 1 heterocycles. The molecule has 1 aromatic carbocycles. The Morgan fingerprint density at radius 1 is 1.43 bits per heavy atom. The molecule has 4 nitrogen and oxygen atoms in total. The van der Waals surface area contributed by atoms with Crippen molar-refractivity contribution in [3.8, 4) is 5.75 Å².